The van der Waals surface area contributed by atoms with E-state index in [4.69, 9.17) is 4.74 Å². The number of aryl methyl sites for hydroxylation is 1. The highest BCUT2D eigenvalue weighted by molar-refractivity contribution is 6.01. The molecule has 0 bridgehead atoms. The number of methoxy groups -OCH3 is 1. The molecular weight excluding hydrogens is 314 g/mol. The van der Waals surface area contributed by atoms with Crippen LogP contribution in [0.25, 0.3) is 11.8 Å². The maximum absolute atomic E-state index is 12.1. The van der Waals surface area contributed by atoms with Crippen molar-refractivity contribution in [3.8, 4) is 17.5 Å². The van der Waals surface area contributed by atoms with Crippen LogP contribution in [0.4, 0.5) is 0 Å². The topological polar surface area (TPSA) is 67.0 Å². The molecule has 0 aliphatic heterocycles. The third-order valence-electron chi connectivity index (χ3n) is 4.00. The number of aromatic nitrogens is 1. The van der Waals surface area contributed by atoms with Crippen LogP contribution in [0.1, 0.15) is 30.3 Å². The molecule has 1 aromatic heterocycles. The molecule has 0 spiro atoms. The van der Waals surface area contributed by atoms with Gasteiger partial charge in [-0.05, 0) is 62.2 Å². The first-order valence-corrected chi connectivity index (χ1v) is 8.25. The van der Waals surface area contributed by atoms with Crippen molar-refractivity contribution in [2.45, 2.75) is 27.2 Å². The predicted octanol–water partition coefficient (Wildman–Crippen LogP) is 3.54. The van der Waals surface area contributed by atoms with Gasteiger partial charge in [0.1, 0.15) is 17.4 Å². The van der Waals surface area contributed by atoms with Gasteiger partial charge < -0.3 is 14.6 Å². The molecule has 1 amide bonds. The van der Waals surface area contributed by atoms with E-state index in [1.54, 1.807) is 13.2 Å². The van der Waals surface area contributed by atoms with Crippen LogP contribution < -0.4 is 10.1 Å². The van der Waals surface area contributed by atoms with Crippen LogP contribution in [0, 0.1) is 25.2 Å². The van der Waals surface area contributed by atoms with E-state index >= 15 is 0 Å². The first-order valence-electron chi connectivity index (χ1n) is 8.25. The molecule has 0 aliphatic rings. The number of nitrogens with one attached hydrogen (secondary N) is 1. The predicted molar refractivity (Wildman–Crippen MR) is 98.7 cm³/mol. The molecule has 25 heavy (non-hydrogen) atoms. The number of hydrogen-bond acceptors (Lipinski definition) is 3. The fraction of sp³-hybridized carbons (Fsp3) is 0.300. The van der Waals surface area contributed by atoms with Gasteiger partial charge in [0.05, 0.1) is 7.11 Å². The molecule has 0 unspecified atom stereocenters. The van der Waals surface area contributed by atoms with Crippen LogP contribution in [-0.2, 0) is 4.79 Å². The number of carbonyl (C=O) groups is 1. The van der Waals surface area contributed by atoms with Crippen molar-refractivity contribution in [3.05, 3.63) is 52.9 Å². The number of carbonyl (C=O) groups excluding carboxylic acids is 1. The van der Waals surface area contributed by atoms with Crippen molar-refractivity contribution in [2.24, 2.45) is 0 Å². The average molecular weight is 337 g/mol. The Morgan fingerprint density at radius 3 is 2.56 bits per heavy atom. The first kappa shape index (κ1) is 18.3. The summed E-state index contributed by atoms with van der Waals surface area (Å²) < 4.78 is 7.28. The Kier molecular flexibility index (Phi) is 6.02. The molecule has 0 fully saturated rings. The van der Waals surface area contributed by atoms with Crippen LogP contribution in [0.5, 0.6) is 5.75 Å². The summed E-state index contributed by atoms with van der Waals surface area (Å²) in [5, 5.41) is 12.0. The van der Waals surface area contributed by atoms with Gasteiger partial charge >= 0.3 is 0 Å². The van der Waals surface area contributed by atoms with Gasteiger partial charge in [-0.25, -0.2) is 0 Å². The van der Waals surface area contributed by atoms with Gasteiger partial charge in [-0.15, -0.1) is 0 Å². The number of benzene rings is 1. The lowest BCUT2D eigenvalue weighted by Gasteiger charge is -2.10. The van der Waals surface area contributed by atoms with Crippen molar-refractivity contribution in [3.63, 3.8) is 0 Å². The zero-order chi connectivity index (χ0) is 18.4. The Bertz CT molecular complexity index is 824. The monoisotopic (exact) mass is 337 g/mol. The summed E-state index contributed by atoms with van der Waals surface area (Å²) in [5.74, 6) is 0.462. The Morgan fingerprint density at radius 2 is 2.00 bits per heavy atom. The largest absolute Gasteiger partial charge is 0.497 e. The lowest BCUT2D eigenvalue weighted by Crippen LogP contribution is -2.25. The van der Waals surface area contributed by atoms with E-state index in [1.807, 2.05) is 57.2 Å². The number of nitrogens with zero attached hydrogens (tertiary/aromatic N) is 2. The van der Waals surface area contributed by atoms with Crippen molar-refractivity contribution < 1.29 is 9.53 Å². The summed E-state index contributed by atoms with van der Waals surface area (Å²) in [6.45, 7) is 6.50. The second-order valence-corrected chi connectivity index (χ2v) is 5.79. The van der Waals surface area contributed by atoms with E-state index in [0.717, 1.165) is 34.8 Å². The minimum atomic E-state index is -0.335. The lowest BCUT2D eigenvalue weighted by atomic mass is 10.1. The third-order valence-corrected chi connectivity index (χ3v) is 4.00. The zero-order valence-corrected chi connectivity index (χ0v) is 15.1. The summed E-state index contributed by atoms with van der Waals surface area (Å²) in [6.07, 6.45) is 2.48. The fourth-order valence-corrected chi connectivity index (χ4v) is 2.70. The van der Waals surface area contributed by atoms with Gasteiger partial charge in [0.25, 0.3) is 5.91 Å². The van der Waals surface area contributed by atoms with Gasteiger partial charge in [-0.2, -0.15) is 5.26 Å². The number of ether oxygens (including phenoxy) is 1. The maximum atomic E-state index is 12.1. The van der Waals surface area contributed by atoms with Crippen LogP contribution in [0.2, 0.25) is 0 Å². The van der Waals surface area contributed by atoms with E-state index in [9.17, 15) is 10.1 Å². The first-order chi connectivity index (χ1) is 12.0. The summed E-state index contributed by atoms with van der Waals surface area (Å²) >= 11 is 0. The molecule has 5 heteroatoms. The molecule has 1 aromatic carbocycles. The molecule has 0 radical (unpaired) electrons. The van der Waals surface area contributed by atoms with Gasteiger partial charge in [0.2, 0.25) is 0 Å². The standard InChI is InChI=1S/C20H23N3O2/c1-5-10-22-20(24)17(13-21)12-16-11-14(2)23(15(16)3)18-6-8-19(25-4)9-7-18/h6-9,11-12H,5,10H2,1-4H3,(H,22,24)/b17-12-. The molecule has 1 N–H and O–H groups in total. The SMILES string of the molecule is CCCNC(=O)/C(C#N)=C\c1cc(C)n(-c2ccc(OC)cc2)c1C. The molecule has 130 valence electrons. The van der Waals surface area contributed by atoms with Gasteiger partial charge in [0, 0.05) is 23.6 Å². The second kappa shape index (κ2) is 8.20. The molecule has 0 aliphatic carbocycles. The zero-order valence-electron chi connectivity index (χ0n) is 15.1. The number of rotatable bonds is 6. The molecule has 0 atom stereocenters. The average Bonchev–Trinajstić information content (AvgIpc) is 2.91. The van der Waals surface area contributed by atoms with E-state index < -0.39 is 0 Å². The van der Waals surface area contributed by atoms with Crippen molar-refractivity contribution in [1.82, 2.24) is 9.88 Å². The highest BCUT2D eigenvalue weighted by Gasteiger charge is 2.13. The Hall–Kier alpha value is -3.00. The van der Waals surface area contributed by atoms with Crippen molar-refractivity contribution in [1.29, 1.82) is 5.26 Å². The Morgan fingerprint density at radius 1 is 1.32 bits per heavy atom. The minimum absolute atomic E-state index is 0.114. The molecule has 0 saturated carbocycles. The van der Waals surface area contributed by atoms with Crippen molar-refractivity contribution in [2.75, 3.05) is 13.7 Å². The second-order valence-electron chi connectivity index (χ2n) is 5.79. The number of hydrogen-bond donors (Lipinski definition) is 1. The molecular formula is C20H23N3O2. The van der Waals surface area contributed by atoms with E-state index in [2.05, 4.69) is 9.88 Å². The summed E-state index contributed by atoms with van der Waals surface area (Å²) in [4.78, 5) is 12.1. The van der Waals surface area contributed by atoms with Gasteiger partial charge in [0.15, 0.2) is 0 Å². The molecule has 5 nitrogen and oxygen atoms in total. The number of nitriles is 1. The third kappa shape index (κ3) is 4.10. The fourth-order valence-electron chi connectivity index (χ4n) is 2.70. The van der Waals surface area contributed by atoms with E-state index in [1.165, 1.54) is 0 Å². The van der Waals surface area contributed by atoms with Crippen LogP contribution in [0.3, 0.4) is 0 Å². The van der Waals surface area contributed by atoms with Crippen molar-refractivity contribution >= 4 is 12.0 Å². The van der Waals surface area contributed by atoms with Crippen LogP contribution in [0.15, 0.2) is 35.9 Å². The molecule has 2 aromatic rings. The van der Waals surface area contributed by atoms with Gasteiger partial charge in [-0.1, -0.05) is 6.92 Å². The summed E-state index contributed by atoms with van der Waals surface area (Å²) in [7, 11) is 1.64. The van der Waals surface area contributed by atoms with E-state index in [0.29, 0.717) is 6.54 Å². The molecule has 2 rings (SSSR count). The Labute approximate surface area is 148 Å². The van der Waals surface area contributed by atoms with Crippen LogP contribution >= 0.6 is 0 Å². The highest BCUT2D eigenvalue weighted by Crippen LogP contribution is 2.24. The highest BCUT2D eigenvalue weighted by atomic mass is 16.5. The van der Waals surface area contributed by atoms with E-state index in [-0.39, 0.29) is 11.5 Å². The normalized spacial score (nSPS) is 11.1. The van der Waals surface area contributed by atoms with Gasteiger partial charge in [-0.3, -0.25) is 4.79 Å². The number of amides is 1. The lowest BCUT2D eigenvalue weighted by molar-refractivity contribution is -0.117. The smallest absolute Gasteiger partial charge is 0.261 e. The summed E-state index contributed by atoms with van der Waals surface area (Å²) in [6, 6.07) is 11.7. The molecule has 1 heterocycles. The summed E-state index contributed by atoms with van der Waals surface area (Å²) in [5.41, 5.74) is 3.98. The molecule has 0 saturated heterocycles. The maximum Gasteiger partial charge on any atom is 0.261 e. The minimum Gasteiger partial charge on any atom is -0.497 e. The quantitative estimate of drug-likeness (QED) is 0.647. The van der Waals surface area contributed by atoms with Crippen LogP contribution in [-0.4, -0.2) is 24.1 Å². The Balaban J connectivity index is 2.39.